The van der Waals surface area contributed by atoms with Crippen molar-refractivity contribution in [2.45, 2.75) is 15.8 Å². The van der Waals surface area contributed by atoms with Gasteiger partial charge in [0.15, 0.2) is 4.71 Å². The number of thioether (sulfide) groups is 1. The van der Waals surface area contributed by atoms with Crippen molar-refractivity contribution in [3.63, 3.8) is 0 Å². The SMILES string of the molecule is CN(CCO)C(=O)Nc1ccccc1SC(Cl)C(F)(F)F. The van der Waals surface area contributed by atoms with E-state index in [2.05, 4.69) is 5.32 Å². The zero-order chi connectivity index (χ0) is 16.0. The van der Waals surface area contributed by atoms with Crippen LogP contribution in [0.25, 0.3) is 0 Å². The highest BCUT2D eigenvalue weighted by Crippen LogP contribution is 2.40. The average Bonchev–Trinajstić information content (AvgIpc) is 2.40. The number of para-hydroxylation sites is 1. The van der Waals surface area contributed by atoms with E-state index in [0.29, 0.717) is 11.8 Å². The molecule has 0 aliphatic heterocycles. The van der Waals surface area contributed by atoms with Gasteiger partial charge in [0, 0.05) is 18.5 Å². The van der Waals surface area contributed by atoms with Crippen molar-refractivity contribution >= 4 is 35.1 Å². The normalized spacial score (nSPS) is 12.9. The van der Waals surface area contributed by atoms with Crippen LogP contribution in [0, 0.1) is 0 Å². The molecule has 1 atom stereocenters. The van der Waals surface area contributed by atoms with Crippen LogP contribution in [0.15, 0.2) is 29.2 Å². The number of aliphatic hydroxyl groups is 1. The number of nitrogens with zero attached hydrogens (tertiary/aromatic N) is 1. The minimum absolute atomic E-state index is 0.113. The highest BCUT2D eigenvalue weighted by Gasteiger charge is 2.39. The summed E-state index contributed by atoms with van der Waals surface area (Å²) in [5.74, 6) is 0. The monoisotopic (exact) mass is 342 g/mol. The number of alkyl halides is 4. The van der Waals surface area contributed by atoms with Crippen LogP contribution in [-0.2, 0) is 0 Å². The van der Waals surface area contributed by atoms with Gasteiger partial charge < -0.3 is 15.3 Å². The quantitative estimate of drug-likeness (QED) is 0.637. The van der Waals surface area contributed by atoms with E-state index in [0.717, 1.165) is 0 Å². The smallest absolute Gasteiger partial charge is 0.395 e. The number of rotatable bonds is 5. The van der Waals surface area contributed by atoms with Crippen molar-refractivity contribution < 1.29 is 23.1 Å². The number of likely N-dealkylation sites (N-methyl/N-ethyl adjacent to an activating group) is 1. The van der Waals surface area contributed by atoms with Gasteiger partial charge in [0.1, 0.15) is 0 Å². The van der Waals surface area contributed by atoms with Crippen molar-refractivity contribution in [2.75, 3.05) is 25.5 Å². The number of nitrogens with one attached hydrogen (secondary N) is 1. The second-order valence-electron chi connectivity index (χ2n) is 4.05. The van der Waals surface area contributed by atoms with Crippen LogP contribution < -0.4 is 5.32 Å². The predicted octanol–water partition coefficient (Wildman–Crippen LogP) is 3.36. The van der Waals surface area contributed by atoms with Gasteiger partial charge >= 0.3 is 12.2 Å². The molecule has 1 aromatic carbocycles. The summed E-state index contributed by atoms with van der Waals surface area (Å²) in [5.41, 5.74) is 0.229. The van der Waals surface area contributed by atoms with Crippen molar-refractivity contribution in [1.29, 1.82) is 0 Å². The Hall–Kier alpha value is -1.12. The molecule has 0 heterocycles. The summed E-state index contributed by atoms with van der Waals surface area (Å²) in [7, 11) is 1.46. The van der Waals surface area contributed by atoms with E-state index in [1.54, 1.807) is 12.1 Å². The van der Waals surface area contributed by atoms with E-state index in [1.807, 2.05) is 0 Å². The first-order valence-electron chi connectivity index (χ1n) is 5.85. The Bertz CT molecular complexity index is 488. The van der Waals surface area contributed by atoms with Gasteiger partial charge in [-0.05, 0) is 12.1 Å². The van der Waals surface area contributed by atoms with Gasteiger partial charge in [-0.3, -0.25) is 0 Å². The van der Waals surface area contributed by atoms with Gasteiger partial charge in [-0.25, -0.2) is 4.79 Å². The molecule has 0 saturated carbocycles. The first-order chi connectivity index (χ1) is 9.75. The second kappa shape index (κ2) is 7.77. The largest absolute Gasteiger partial charge is 0.414 e. The highest BCUT2D eigenvalue weighted by atomic mass is 35.5. The molecule has 0 aromatic heterocycles. The van der Waals surface area contributed by atoms with E-state index in [1.165, 1.54) is 24.1 Å². The number of urea groups is 1. The first kappa shape index (κ1) is 17.9. The molecule has 0 radical (unpaired) electrons. The second-order valence-corrected chi connectivity index (χ2v) is 5.89. The standard InChI is InChI=1S/C12H14ClF3N2O2S/c1-18(6-7-19)11(20)17-8-4-2-3-5-9(8)21-10(13)12(14,15)16/h2-5,10,19H,6-7H2,1H3,(H,17,20). The summed E-state index contributed by atoms with van der Waals surface area (Å²) >= 11 is 5.70. The maximum absolute atomic E-state index is 12.5. The van der Waals surface area contributed by atoms with Crippen molar-refractivity contribution in [3.05, 3.63) is 24.3 Å². The Morgan fingerprint density at radius 1 is 1.48 bits per heavy atom. The van der Waals surface area contributed by atoms with E-state index in [4.69, 9.17) is 16.7 Å². The number of halogens is 4. The molecule has 2 amide bonds. The molecule has 0 saturated heterocycles. The number of amides is 2. The third kappa shape index (κ3) is 5.64. The Kier molecular flexibility index (Phi) is 6.63. The molecular formula is C12H14ClF3N2O2S. The Morgan fingerprint density at radius 3 is 2.67 bits per heavy atom. The van der Waals surface area contributed by atoms with Crippen LogP contribution in [0.1, 0.15) is 0 Å². The van der Waals surface area contributed by atoms with Gasteiger partial charge in [-0.15, -0.1) is 11.6 Å². The molecule has 118 valence electrons. The number of carbonyl (C=O) groups excluding carboxylic acids is 1. The molecule has 21 heavy (non-hydrogen) atoms. The summed E-state index contributed by atoms with van der Waals surface area (Å²) in [6.07, 6.45) is -4.54. The fourth-order valence-corrected chi connectivity index (χ4v) is 2.36. The van der Waals surface area contributed by atoms with Crippen LogP contribution in [0.4, 0.5) is 23.7 Å². The fraction of sp³-hybridized carbons (Fsp3) is 0.417. The summed E-state index contributed by atoms with van der Waals surface area (Å²) in [4.78, 5) is 13.2. The van der Waals surface area contributed by atoms with E-state index < -0.39 is 16.9 Å². The van der Waals surface area contributed by atoms with E-state index in [9.17, 15) is 18.0 Å². The van der Waals surface area contributed by atoms with Crippen molar-refractivity contribution in [1.82, 2.24) is 4.90 Å². The molecule has 0 aliphatic rings. The van der Waals surface area contributed by atoms with E-state index >= 15 is 0 Å². The average molecular weight is 343 g/mol. The van der Waals surface area contributed by atoms with E-state index in [-0.39, 0.29) is 23.7 Å². The van der Waals surface area contributed by atoms with Crippen LogP contribution in [0.5, 0.6) is 0 Å². The van der Waals surface area contributed by atoms with Crippen LogP contribution in [0.3, 0.4) is 0 Å². The van der Waals surface area contributed by atoms with Gasteiger partial charge in [0.25, 0.3) is 0 Å². The summed E-state index contributed by atoms with van der Waals surface area (Å²) in [6.45, 7) is -0.0973. The summed E-state index contributed by atoms with van der Waals surface area (Å²) in [5, 5.41) is 11.2. The lowest BCUT2D eigenvalue weighted by atomic mass is 10.3. The van der Waals surface area contributed by atoms with Gasteiger partial charge in [0.2, 0.25) is 0 Å². The van der Waals surface area contributed by atoms with Crippen LogP contribution >= 0.6 is 23.4 Å². The predicted molar refractivity (Wildman–Crippen MR) is 76.7 cm³/mol. The van der Waals surface area contributed by atoms with Gasteiger partial charge in [-0.2, -0.15) is 13.2 Å². The Labute approximate surface area is 129 Å². The number of benzene rings is 1. The minimum Gasteiger partial charge on any atom is -0.395 e. The maximum Gasteiger partial charge on any atom is 0.414 e. The molecule has 0 spiro atoms. The topological polar surface area (TPSA) is 52.6 Å². The molecule has 1 aromatic rings. The number of hydrogen-bond acceptors (Lipinski definition) is 3. The van der Waals surface area contributed by atoms with Crippen molar-refractivity contribution in [3.8, 4) is 0 Å². The zero-order valence-electron chi connectivity index (χ0n) is 11.0. The maximum atomic E-state index is 12.5. The van der Waals surface area contributed by atoms with Crippen LogP contribution in [0.2, 0.25) is 0 Å². The summed E-state index contributed by atoms with van der Waals surface area (Å²) in [6, 6.07) is 5.52. The molecule has 0 fully saturated rings. The number of anilines is 1. The Morgan fingerprint density at radius 2 is 2.10 bits per heavy atom. The molecule has 4 nitrogen and oxygen atoms in total. The minimum atomic E-state index is -4.54. The van der Waals surface area contributed by atoms with Gasteiger partial charge in [-0.1, -0.05) is 23.9 Å². The fourth-order valence-electron chi connectivity index (χ4n) is 1.31. The third-order valence-corrected chi connectivity index (χ3v) is 4.00. The lowest BCUT2D eigenvalue weighted by Gasteiger charge is -2.19. The molecule has 1 rings (SSSR count). The van der Waals surface area contributed by atoms with Crippen molar-refractivity contribution in [2.24, 2.45) is 0 Å². The third-order valence-electron chi connectivity index (χ3n) is 2.40. The molecule has 0 aliphatic carbocycles. The number of hydrogen-bond donors (Lipinski definition) is 2. The highest BCUT2D eigenvalue weighted by molar-refractivity contribution is 8.01. The number of carbonyl (C=O) groups is 1. The lowest BCUT2D eigenvalue weighted by molar-refractivity contribution is -0.113. The molecule has 1 unspecified atom stereocenters. The molecular weight excluding hydrogens is 329 g/mol. The van der Waals surface area contributed by atoms with Crippen LogP contribution in [-0.4, -0.2) is 47.1 Å². The first-order valence-corrected chi connectivity index (χ1v) is 7.16. The number of aliphatic hydroxyl groups excluding tert-OH is 1. The lowest BCUT2D eigenvalue weighted by Crippen LogP contribution is -2.33. The molecule has 9 heteroatoms. The molecule has 0 bridgehead atoms. The molecule has 2 N–H and O–H groups in total. The zero-order valence-corrected chi connectivity index (χ0v) is 12.6. The Balaban J connectivity index is 2.82. The summed E-state index contributed by atoms with van der Waals surface area (Å²) < 4.78 is 35.3. The van der Waals surface area contributed by atoms with Gasteiger partial charge in [0.05, 0.1) is 12.3 Å².